The molecule has 3 unspecified atom stereocenters. The SMILES string of the molecule is CCCCCCCCCC1CCc2cc(-c3ncc(OCC4OC4CCCC)cn3)nc(F)c2C1(F)F. The van der Waals surface area contributed by atoms with Crippen LogP contribution in [-0.4, -0.2) is 33.8 Å². The highest BCUT2D eigenvalue weighted by molar-refractivity contribution is 5.53. The summed E-state index contributed by atoms with van der Waals surface area (Å²) in [6.07, 6.45) is 15.4. The molecule has 2 aliphatic rings. The highest BCUT2D eigenvalue weighted by Gasteiger charge is 2.48. The van der Waals surface area contributed by atoms with Gasteiger partial charge in [-0.15, -0.1) is 0 Å². The third-order valence-corrected chi connectivity index (χ3v) is 7.62. The van der Waals surface area contributed by atoms with Crippen LogP contribution in [0, 0.1) is 11.9 Å². The summed E-state index contributed by atoms with van der Waals surface area (Å²) in [5.74, 6) is -4.51. The lowest BCUT2D eigenvalue weighted by Gasteiger charge is -2.33. The van der Waals surface area contributed by atoms with Crippen LogP contribution in [0.15, 0.2) is 18.5 Å². The minimum atomic E-state index is -3.22. The maximum atomic E-state index is 15.3. The van der Waals surface area contributed by atoms with Gasteiger partial charge in [0.15, 0.2) is 11.6 Å². The van der Waals surface area contributed by atoms with E-state index < -0.39 is 23.4 Å². The first-order valence-corrected chi connectivity index (χ1v) is 14.1. The zero-order valence-electron chi connectivity index (χ0n) is 22.2. The van der Waals surface area contributed by atoms with E-state index in [4.69, 9.17) is 9.47 Å². The molecule has 2 aromatic rings. The first-order chi connectivity index (χ1) is 17.9. The second kappa shape index (κ2) is 13.0. The van der Waals surface area contributed by atoms with Gasteiger partial charge in [0.1, 0.15) is 18.4 Å². The van der Waals surface area contributed by atoms with Crippen LogP contribution in [0.5, 0.6) is 5.75 Å². The van der Waals surface area contributed by atoms with Gasteiger partial charge in [0.2, 0.25) is 5.95 Å². The van der Waals surface area contributed by atoms with E-state index in [1.54, 1.807) is 0 Å². The number of hydrogen-bond acceptors (Lipinski definition) is 5. The van der Waals surface area contributed by atoms with E-state index in [0.717, 1.165) is 44.9 Å². The fourth-order valence-corrected chi connectivity index (χ4v) is 5.30. The maximum absolute atomic E-state index is 15.3. The zero-order chi connectivity index (χ0) is 26.3. The summed E-state index contributed by atoms with van der Waals surface area (Å²) in [5.41, 5.74) is -0.0806. The van der Waals surface area contributed by atoms with Crippen LogP contribution in [0.1, 0.15) is 102 Å². The molecule has 8 heteroatoms. The molecule has 0 N–H and O–H groups in total. The van der Waals surface area contributed by atoms with Crippen molar-refractivity contribution in [3.05, 3.63) is 35.5 Å². The first-order valence-electron chi connectivity index (χ1n) is 14.1. The van der Waals surface area contributed by atoms with Gasteiger partial charge in [-0.05, 0) is 37.3 Å². The number of pyridine rings is 1. The number of rotatable bonds is 15. The van der Waals surface area contributed by atoms with E-state index in [0.29, 0.717) is 37.2 Å². The number of unbranched alkanes of at least 4 members (excludes halogenated alkanes) is 7. The van der Waals surface area contributed by atoms with Crippen LogP contribution >= 0.6 is 0 Å². The van der Waals surface area contributed by atoms with Gasteiger partial charge in [-0.25, -0.2) is 23.7 Å². The average Bonchev–Trinajstić information content (AvgIpc) is 3.65. The summed E-state index contributed by atoms with van der Waals surface area (Å²) in [6.45, 7) is 4.75. The molecule has 4 rings (SSSR count). The van der Waals surface area contributed by atoms with E-state index in [1.807, 2.05) is 0 Å². The van der Waals surface area contributed by atoms with Crippen LogP contribution < -0.4 is 4.74 Å². The van der Waals surface area contributed by atoms with Crippen LogP contribution in [0.25, 0.3) is 11.5 Å². The molecular weight excluding hydrogens is 479 g/mol. The number of ether oxygens (including phenoxy) is 2. The Morgan fingerprint density at radius 1 is 0.946 bits per heavy atom. The van der Waals surface area contributed by atoms with Gasteiger partial charge in [0.25, 0.3) is 5.92 Å². The monoisotopic (exact) mass is 519 g/mol. The van der Waals surface area contributed by atoms with Gasteiger partial charge in [-0.1, -0.05) is 71.6 Å². The smallest absolute Gasteiger partial charge is 0.280 e. The van der Waals surface area contributed by atoms with E-state index >= 15 is 8.78 Å². The van der Waals surface area contributed by atoms with Gasteiger partial charge in [-0.2, -0.15) is 4.39 Å². The van der Waals surface area contributed by atoms with Gasteiger partial charge in [0, 0.05) is 5.92 Å². The molecule has 1 aliphatic carbocycles. The van der Waals surface area contributed by atoms with Crippen molar-refractivity contribution in [3.63, 3.8) is 0 Å². The zero-order valence-corrected chi connectivity index (χ0v) is 22.2. The molecule has 0 saturated carbocycles. The Morgan fingerprint density at radius 2 is 1.65 bits per heavy atom. The highest BCUT2D eigenvalue weighted by Crippen LogP contribution is 2.47. The van der Waals surface area contributed by atoms with Crippen LogP contribution in [0.3, 0.4) is 0 Å². The van der Waals surface area contributed by atoms with Gasteiger partial charge in [-0.3, -0.25) is 0 Å². The lowest BCUT2D eigenvalue weighted by molar-refractivity contribution is -0.0824. The Hall–Kier alpha value is -2.22. The molecule has 0 aromatic carbocycles. The summed E-state index contributed by atoms with van der Waals surface area (Å²) < 4.78 is 56.9. The largest absolute Gasteiger partial charge is 0.488 e. The predicted molar refractivity (Wildman–Crippen MR) is 137 cm³/mol. The van der Waals surface area contributed by atoms with E-state index in [-0.39, 0.29) is 23.7 Å². The minimum Gasteiger partial charge on any atom is -0.488 e. The summed E-state index contributed by atoms with van der Waals surface area (Å²) in [4.78, 5) is 12.3. The van der Waals surface area contributed by atoms with Crippen LogP contribution in [0.4, 0.5) is 13.2 Å². The second-order valence-electron chi connectivity index (χ2n) is 10.5. The number of hydrogen-bond donors (Lipinski definition) is 0. The number of epoxide rings is 1. The van der Waals surface area contributed by atoms with Crippen molar-refractivity contribution in [3.8, 4) is 17.3 Å². The summed E-state index contributed by atoms with van der Waals surface area (Å²) in [5, 5.41) is 0. The molecule has 1 saturated heterocycles. The number of aryl methyl sites for hydroxylation is 1. The maximum Gasteiger partial charge on any atom is 0.280 e. The van der Waals surface area contributed by atoms with Crippen molar-refractivity contribution >= 4 is 0 Å². The third kappa shape index (κ3) is 7.21. The topological polar surface area (TPSA) is 60.4 Å². The van der Waals surface area contributed by atoms with Crippen LogP contribution in [0.2, 0.25) is 0 Å². The molecule has 1 aliphatic heterocycles. The standard InChI is InChI=1S/C29H40F3N3O2/c1-3-5-7-8-9-10-11-12-21-15-14-20-16-23(35-27(30)26(20)29(21,31)32)28-33-17-22(18-34-28)36-19-25-24(37-25)13-6-4-2/h16-18,21,24-25H,3-15,19H2,1-2H3. The molecule has 2 aromatic heterocycles. The Kier molecular flexibility index (Phi) is 9.79. The fourth-order valence-electron chi connectivity index (χ4n) is 5.30. The molecule has 0 bridgehead atoms. The molecule has 0 spiro atoms. The van der Waals surface area contributed by atoms with Gasteiger partial charge in [0.05, 0.1) is 24.1 Å². The van der Waals surface area contributed by atoms with Crippen molar-refractivity contribution in [1.82, 2.24) is 15.0 Å². The van der Waals surface area contributed by atoms with Crippen molar-refractivity contribution in [1.29, 1.82) is 0 Å². The number of nitrogens with zero attached hydrogens (tertiary/aromatic N) is 3. The summed E-state index contributed by atoms with van der Waals surface area (Å²) >= 11 is 0. The Labute approximate surface area is 218 Å². The van der Waals surface area contributed by atoms with Crippen molar-refractivity contribution in [2.45, 2.75) is 115 Å². The van der Waals surface area contributed by atoms with E-state index in [2.05, 4.69) is 28.8 Å². The molecule has 1 fully saturated rings. The third-order valence-electron chi connectivity index (χ3n) is 7.62. The quantitative estimate of drug-likeness (QED) is 0.136. The number of halogens is 3. The Morgan fingerprint density at radius 3 is 2.38 bits per heavy atom. The molecule has 204 valence electrons. The molecule has 5 nitrogen and oxygen atoms in total. The normalized spacial score (nSPS) is 22.0. The summed E-state index contributed by atoms with van der Waals surface area (Å²) in [7, 11) is 0. The minimum absolute atomic E-state index is 0.0962. The lowest BCUT2D eigenvalue weighted by Crippen LogP contribution is -2.33. The van der Waals surface area contributed by atoms with Crippen molar-refractivity contribution < 1.29 is 22.6 Å². The Balaban J connectivity index is 1.33. The molecule has 0 amide bonds. The van der Waals surface area contributed by atoms with E-state index in [9.17, 15) is 4.39 Å². The van der Waals surface area contributed by atoms with Gasteiger partial charge >= 0.3 is 0 Å². The number of fused-ring (bicyclic) bond motifs is 1. The van der Waals surface area contributed by atoms with Crippen LogP contribution in [-0.2, 0) is 17.1 Å². The van der Waals surface area contributed by atoms with Gasteiger partial charge < -0.3 is 9.47 Å². The number of aromatic nitrogens is 3. The predicted octanol–water partition coefficient (Wildman–Crippen LogP) is 7.81. The van der Waals surface area contributed by atoms with Crippen molar-refractivity contribution in [2.75, 3.05) is 6.61 Å². The molecule has 3 atom stereocenters. The Bertz CT molecular complexity index is 1000. The summed E-state index contributed by atoms with van der Waals surface area (Å²) in [6, 6.07) is 1.52. The van der Waals surface area contributed by atoms with Crippen molar-refractivity contribution in [2.24, 2.45) is 5.92 Å². The molecular formula is C29H40F3N3O2. The first kappa shape index (κ1) is 27.8. The highest BCUT2D eigenvalue weighted by atomic mass is 19.3. The average molecular weight is 520 g/mol. The fraction of sp³-hybridized carbons (Fsp3) is 0.690. The lowest BCUT2D eigenvalue weighted by atomic mass is 9.78. The molecule has 3 heterocycles. The second-order valence-corrected chi connectivity index (χ2v) is 10.5. The van der Waals surface area contributed by atoms with E-state index in [1.165, 1.54) is 37.7 Å². The molecule has 37 heavy (non-hydrogen) atoms. The number of alkyl halides is 2. The molecule has 0 radical (unpaired) electrons.